The predicted octanol–water partition coefficient (Wildman–Crippen LogP) is 1.24. The summed E-state index contributed by atoms with van der Waals surface area (Å²) in [4.78, 5) is 0. The summed E-state index contributed by atoms with van der Waals surface area (Å²) in [5, 5.41) is 4.18. The summed E-state index contributed by atoms with van der Waals surface area (Å²) in [5.74, 6) is 0.617. The molecule has 4 heteroatoms. The molecule has 3 N–H and O–H groups in total. The Hall–Kier alpha value is -0.640. The van der Waals surface area contributed by atoms with E-state index in [9.17, 15) is 0 Å². The zero-order valence-corrected chi connectivity index (χ0v) is 8.03. The molecule has 0 spiro atoms. The lowest BCUT2D eigenvalue weighted by Gasteiger charge is -2.03. The topological polar surface area (TPSA) is 50.4 Å². The Labute approximate surface area is 73.0 Å². The molecule has 3 nitrogen and oxygen atoms in total. The van der Waals surface area contributed by atoms with Gasteiger partial charge < -0.3 is 5.73 Å². The SMILES string of the molecule is C/C(CC(C)C)=N/NC(N)=S. The van der Waals surface area contributed by atoms with Gasteiger partial charge in [-0.15, -0.1) is 0 Å². The minimum absolute atomic E-state index is 0.216. The highest BCUT2D eigenvalue weighted by molar-refractivity contribution is 7.80. The van der Waals surface area contributed by atoms with E-state index in [4.69, 9.17) is 5.73 Å². The fourth-order valence-electron chi connectivity index (χ4n) is 0.787. The second-order valence-electron chi connectivity index (χ2n) is 2.92. The number of hydrogen-bond acceptors (Lipinski definition) is 2. The highest BCUT2D eigenvalue weighted by Crippen LogP contribution is 1.99. The molecular formula is C7H15N3S. The monoisotopic (exact) mass is 173 g/mol. The molecule has 0 aliphatic rings. The second-order valence-corrected chi connectivity index (χ2v) is 3.36. The van der Waals surface area contributed by atoms with Crippen molar-refractivity contribution in [3.63, 3.8) is 0 Å². The standard InChI is InChI=1S/C7H15N3S/c1-5(2)4-6(3)9-10-7(8)11/h5H,4H2,1-3H3,(H3,8,10,11)/b9-6-. The van der Waals surface area contributed by atoms with Crippen molar-refractivity contribution in [1.29, 1.82) is 0 Å². The Balaban J connectivity index is 3.72. The van der Waals surface area contributed by atoms with Crippen LogP contribution in [0.2, 0.25) is 0 Å². The molecule has 0 unspecified atom stereocenters. The van der Waals surface area contributed by atoms with Gasteiger partial charge in [0.25, 0.3) is 0 Å². The van der Waals surface area contributed by atoms with Crippen molar-refractivity contribution in [3.8, 4) is 0 Å². The molecule has 0 aliphatic heterocycles. The average Bonchev–Trinajstić information content (AvgIpc) is 1.82. The normalized spacial score (nSPS) is 11.8. The first-order valence-corrected chi connectivity index (χ1v) is 4.01. The van der Waals surface area contributed by atoms with Crippen LogP contribution in [-0.4, -0.2) is 10.8 Å². The van der Waals surface area contributed by atoms with E-state index in [-0.39, 0.29) is 5.11 Å². The fourth-order valence-corrected chi connectivity index (χ4v) is 0.833. The van der Waals surface area contributed by atoms with Gasteiger partial charge in [0.1, 0.15) is 0 Å². The number of nitrogens with one attached hydrogen (secondary N) is 1. The van der Waals surface area contributed by atoms with E-state index in [1.165, 1.54) is 0 Å². The summed E-state index contributed by atoms with van der Waals surface area (Å²) in [6.07, 6.45) is 0.968. The minimum atomic E-state index is 0.216. The molecule has 0 aromatic heterocycles. The van der Waals surface area contributed by atoms with Gasteiger partial charge in [-0.3, -0.25) is 5.43 Å². The van der Waals surface area contributed by atoms with Crippen molar-refractivity contribution < 1.29 is 0 Å². The molecule has 0 heterocycles. The maximum Gasteiger partial charge on any atom is 0.184 e. The molecule has 0 radical (unpaired) electrons. The van der Waals surface area contributed by atoms with Crippen LogP contribution in [0.3, 0.4) is 0 Å². The van der Waals surface area contributed by atoms with Crippen molar-refractivity contribution in [3.05, 3.63) is 0 Å². The van der Waals surface area contributed by atoms with Gasteiger partial charge in [-0.05, 0) is 31.5 Å². The number of nitrogens with two attached hydrogens (primary N) is 1. The van der Waals surface area contributed by atoms with Crippen LogP contribution >= 0.6 is 12.2 Å². The number of hydrogen-bond donors (Lipinski definition) is 2. The molecule has 0 bridgehead atoms. The van der Waals surface area contributed by atoms with Crippen LogP contribution < -0.4 is 11.2 Å². The van der Waals surface area contributed by atoms with E-state index in [0.717, 1.165) is 12.1 Å². The van der Waals surface area contributed by atoms with Crippen molar-refractivity contribution in [2.75, 3.05) is 0 Å². The van der Waals surface area contributed by atoms with Crippen LogP contribution in [0.25, 0.3) is 0 Å². The Morgan fingerprint density at radius 3 is 2.55 bits per heavy atom. The average molecular weight is 173 g/mol. The van der Waals surface area contributed by atoms with E-state index in [0.29, 0.717) is 5.92 Å². The number of thiocarbonyl (C=S) groups is 1. The van der Waals surface area contributed by atoms with Crippen molar-refractivity contribution in [2.45, 2.75) is 27.2 Å². The molecule has 0 rings (SSSR count). The van der Waals surface area contributed by atoms with E-state index in [1.54, 1.807) is 0 Å². The summed E-state index contributed by atoms with van der Waals surface area (Å²) in [6, 6.07) is 0. The third-order valence-electron chi connectivity index (χ3n) is 1.06. The molecule has 0 amide bonds. The van der Waals surface area contributed by atoms with Crippen LogP contribution in [0.5, 0.6) is 0 Å². The molecule has 0 aromatic rings. The lowest BCUT2D eigenvalue weighted by atomic mass is 10.1. The van der Waals surface area contributed by atoms with Gasteiger partial charge in [-0.25, -0.2) is 0 Å². The highest BCUT2D eigenvalue weighted by Gasteiger charge is 1.96. The molecule has 0 aliphatic carbocycles. The van der Waals surface area contributed by atoms with Gasteiger partial charge in [0, 0.05) is 5.71 Å². The molecule has 64 valence electrons. The Kier molecular flexibility index (Phi) is 4.77. The van der Waals surface area contributed by atoms with Crippen LogP contribution in [0.15, 0.2) is 5.10 Å². The minimum Gasteiger partial charge on any atom is -0.375 e. The quantitative estimate of drug-likeness (QED) is 0.383. The smallest absolute Gasteiger partial charge is 0.184 e. The fraction of sp³-hybridized carbons (Fsp3) is 0.714. The Morgan fingerprint density at radius 1 is 1.64 bits per heavy atom. The van der Waals surface area contributed by atoms with Crippen LogP contribution in [0, 0.1) is 5.92 Å². The molecule has 0 fully saturated rings. The molecule has 0 aromatic carbocycles. The summed E-state index contributed by atoms with van der Waals surface area (Å²) >= 11 is 4.59. The van der Waals surface area contributed by atoms with Crippen molar-refractivity contribution in [2.24, 2.45) is 16.8 Å². The first-order valence-electron chi connectivity index (χ1n) is 3.61. The molecular weight excluding hydrogens is 158 g/mol. The third kappa shape index (κ3) is 7.25. The van der Waals surface area contributed by atoms with Gasteiger partial charge in [0.15, 0.2) is 5.11 Å². The van der Waals surface area contributed by atoms with Gasteiger partial charge in [-0.2, -0.15) is 5.10 Å². The third-order valence-corrected chi connectivity index (χ3v) is 1.15. The van der Waals surface area contributed by atoms with E-state index in [2.05, 4.69) is 36.6 Å². The van der Waals surface area contributed by atoms with Crippen molar-refractivity contribution >= 4 is 23.0 Å². The first-order chi connectivity index (χ1) is 5.02. The number of rotatable bonds is 3. The van der Waals surface area contributed by atoms with Crippen LogP contribution in [-0.2, 0) is 0 Å². The van der Waals surface area contributed by atoms with Gasteiger partial charge in [-0.1, -0.05) is 13.8 Å². The largest absolute Gasteiger partial charge is 0.375 e. The molecule has 0 atom stereocenters. The van der Waals surface area contributed by atoms with Crippen molar-refractivity contribution in [1.82, 2.24) is 5.43 Å². The summed E-state index contributed by atoms with van der Waals surface area (Å²) in [6.45, 7) is 6.23. The van der Waals surface area contributed by atoms with Gasteiger partial charge in [0.05, 0.1) is 0 Å². The summed E-state index contributed by atoms with van der Waals surface area (Å²) in [7, 11) is 0. The van der Waals surface area contributed by atoms with Crippen LogP contribution in [0.4, 0.5) is 0 Å². The molecule has 11 heavy (non-hydrogen) atoms. The van der Waals surface area contributed by atoms with E-state index < -0.39 is 0 Å². The predicted molar refractivity (Wildman–Crippen MR) is 52.5 cm³/mol. The van der Waals surface area contributed by atoms with Crippen LogP contribution in [0.1, 0.15) is 27.2 Å². The van der Waals surface area contributed by atoms with E-state index >= 15 is 0 Å². The second kappa shape index (κ2) is 5.07. The highest BCUT2D eigenvalue weighted by atomic mass is 32.1. The number of nitrogens with zero attached hydrogens (tertiary/aromatic N) is 1. The summed E-state index contributed by atoms with van der Waals surface area (Å²) in [5.41, 5.74) is 8.75. The molecule has 0 saturated heterocycles. The Bertz CT molecular complexity index is 163. The zero-order valence-electron chi connectivity index (χ0n) is 7.22. The maximum atomic E-state index is 5.18. The lowest BCUT2D eigenvalue weighted by molar-refractivity contribution is 0.679. The first kappa shape index (κ1) is 10.4. The number of hydrazone groups is 1. The van der Waals surface area contributed by atoms with Gasteiger partial charge >= 0.3 is 0 Å². The lowest BCUT2D eigenvalue weighted by Crippen LogP contribution is -2.25. The van der Waals surface area contributed by atoms with E-state index in [1.807, 2.05) is 6.92 Å². The summed E-state index contributed by atoms with van der Waals surface area (Å²) < 4.78 is 0. The molecule has 0 saturated carbocycles. The van der Waals surface area contributed by atoms with Gasteiger partial charge in [0.2, 0.25) is 0 Å². The maximum absolute atomic E-state index is 5.18. The Morgan fingerprint density at radius 2 is 2.18 bits per heavy atom. The zero-order chi connectivity index (χ0) is 8.85.